The minimum atomic E-state index is -0.225. The van der Waals surface area contributed by atoms with E-state index in [0.717, 1.165) is 5.56 Å². The third-order valence-electron chi connectivity index (χ3n) is 3.47. The summed E-state index contributed by atoms with van der Waals surface area (Å²) in [5.41, 5.74) is 7.11. The number of amides is 1. The summed E-state index contributed by atoms with van der Waals surface area (Å²) in [6.07, 6.45) is 1.84. The van der Waals surface area contributed by atoms with Gasteiger partial charge >= 0.3 is 0 Å². The van der Waals surface area contributed by atoms with Crippen LogP contribution in [0.2, 0.25) is 0 Å². The molecule has 0 aliphatic rings. The fraction of sp³-hybridized carbons (Fsp3) is 0.222. The van der Waals surface area contributed by atoms with Crippen molar-refractivity contribution in [1.82, 2.24) is 10.3 Å². The number of nitrogens with one attached hydrogen (secondary N) is 1. The van der Waals surface area contributed by atoms with Gasteiger partial charge in [0.15, 0.2) is 0 Å². The molecule has 0 aliphatic carbocycles. The van der Waals surface area contributed by atoms with Gasteiger partial charge in [-0.15, -0.1) is 0 Å². The zero-order valence-corrected chi connectivity index (χ0v) is 13.4. The molecule has 2 aromatic rings. The smallest absolute Gasteiger partial charge is 0.253 e. The second-order valence-electron chi connectivity index (χ2n) is 5.25. The molecule has 0 unspecified atom stereocenters. The van der Waals surface area contributed by atoms with E-state index < -0.39 is 0 Å². The van der Waals surface area contributed by atoms with Crippen molar-refractivity contribution >= 4 is 5.91 Å². The second kappa shape index (κ2) is 8.79. The first kappa shape index (κ1) is 17.6. The van der Waals surface area contributed by atoms with E-state index in [9.17, 15) is 9.18 Å². The van der Waals surface area contributed by atoms with E-state index in [-0.39, 0.29) is 25.1 Å². The van der Waals surface area contributed by atoms with Crippen LogP contribution in [-0.2, 0) is 0 Å². The lowest BCUT2D eigenvalue weighted by Gasteiger charge is -2.14. The van der Waals surface area contributed by atoms with Gasteiger partial charge in [-0.1, -0.05) is 30.3 Å². The first-order chi connectivity index (χ1) is 11.6. The lowest BCUT2D eigenvalue weighted by Crippen LogP contribution is -2.26. The maximum absolute atomic E-state index is 12.4. The normalized spacial score (nSPS) is 12.5. The molecule has 1 heterocycles. The number of nitrogens with two attached hydrogens (primary N) is 1. The molecule has 0 aliphatic heterocycles. The summed E-state index contributed by atoms with van der Waals surface area (Å²) < 4.78 is 17.7. The van der Waals surface area contributed by atoms with Gasteiger partial charge in [0.25, 0.3) is 5.91 Å². The van der Waals surface area contributed by atoms with Crippen molar-refractivity contribution in [3.63, 3.8) is 0 Å². The Balaban J connectivity index is 1.93. The van der Waals surface area contributed by atoms with Gasteiger partial charge in [-0.2, -0.15) is 0 Å². The molecular weight excluding hydrogens is 309 g/mol. The zero-order chi connectivity index (χ0) is 17.4. The van der Waals surface area contributed by atoms with Crippen molar-refractivity contribution in [2.45, 2.75) is 13.0 Å². The van der Waals surface area contributed by atoms with Crippen molar-refractivity contribution < 1.29 is 13.9 Å². The van der Waals surface area contributed by atoms with Crippen molar-refractivity contribution in [2.75, 3.05) is 13.2 Å². The molecule has 0 saturated heterocycles. The minimum Gasteiger partial charge on any atom is -0.473 e. The fourth-order valence-corrected chi connectivity index (χ4v) is 2.01. The number of pyridine rings is 1. The minimum absolute atomic E-state index is 0.0244. The Bertz CT molecular complexity index is 687. The van der Waals surface area contributed by atoms with E-state index in [1.165, 1.54) is 6.20 Å². The Morgan fingerprint density at radius 3 is 2.67 bits per heavy atom. The number of aromatic nitrogens is 1. The Labute approximate surface area is 140 Å². The summed E-state index contributed by atoms with van der Waals surface area (Å²) in [6.45, 7) is 2.01. The summed E-state index contributed by atoms with van der Waals surface area (Å²) in [7, 11) is 0. The first-order valence-corrected chi connectivity index (χ1v) is 7.57. The lowest BCUT2D eigenvalue weighted by atomic mass is 10.1. The molecule has 3 N–H and O–H groups in total. The van der Waals surface area contributed by atoms with Crippen molar-refractivity contribution in [1.29, 1.82) is 0 Å². The summed E-state index contributed by atoms with van der Waals surface area (Å²) in [5, 5.41) is 2.91. The van der Waals surface area contributed by atoms with Crippen molar-refractivity contribution in [2.24, 2.45) is 5.73 Å². The van der Waals surface area contributed by atoms with Crippen LogP contribution < -0.4 is 15.8 Å². The second-order valence-corrected chi connectivity index (χ2v) is 5.25. The number of benzene rings is 1. The van der Waals surface area contributed by atoms with Gasteiger partial charge in [-0.3, -0.25) is 4.79 Å². The Morgan fingerprint density at radius 2 is 2.08 bits per heavy atom. The molecule has 0 fully saturated rings. The van der Waals surface area contributed by atoms with Gasteiger partial charge in [-0.25, -0.2) is 9.37 Å². The van der Waals surface area contributed by atoms with Crippen LogP contribution in [0, 0.1) is 0 Å². The van der Waals surface area contributed by atoms with E-state index in [2.05, 4.69) is 10.3 Å². The molecule has 0 spiro atoms. The number of carbonyl (C=O) groups is 1. The average Bonchev–Trinajstić information content (AvgIpc) is 2.63. The third-order valence-corrected chi connectivity index (χ3v) is 3.47. The number of hydrogen-bond donors (Lipinski definition) is 2. The van der Waals surface area contributed by atoms with E-state index in [1.54, 1.807) is 12.1 Å². The number of hydrogen-bond acceptors (Lipinski definition) is 4. The standard InChI is InChI=1S/C18H20FN3O2/c1-13(15-5-3-2-4-6-15)22-18(23)16-7-8-17(21-11-16)24-12-14(9-19)10-20/h2-9,11,13H,10,12,20H2,1H3,(H,22,23)/b14-9-/t13-/m1/s1. The molecule has 1 aromatic carbocycles. The Kier molecular flexibility index (Phi) is 6.45. The van der Waals surface area contributed by atoms with Crippen LogP contribution in [0.1, 0.15) is 28.9 Å². The largest absolute Gasteiger partial charge is 0.473 e. The fourth-order valence-electron chi connectivity index (χ4n) is 2.01. The highest BCUT2D eigenvalue weighted by Gasteiger charge is 2.11. The molecule has 2 rings (SSSR count). The summed E-state index contributed by atoms with van der Waals surface area (Å²) in [5.74, 6) is 0.0761. The zero-order valence-electron chi connectivity index (χ0n) is 13.4. The van der Waals surface area contributed by atoms with Gasteiger partial charge in [0.05, 0.1) is 17.9 Å². The SMILES string of the molecule is C[C@@H](NC(=O)c1ccc(OC/C(=C\F)CN)nc1)c1ccccc1. The molecule has 1 atom stereocenters. The highest BCUT2D eigenvalue weighted by Crippen LogP contribution is 2.13. The predicted molar refractivity (Wildman–Crippen MR) is 90.3 cm³/mol. The van der Waals surface area contributed by atoms with Crippen LogP contribution in [0.25, 0.3) is 0 Å². The van der Waals surface area contributed by atoms with E-state index in [0.29, 0.717) is 23.3 Å². The highest BCUT2D eigenvalue weighted by molar-refractivity contribution is 5.94. The van der Waals surface area contributed by atoms with Crippen molar-refractivity contribution in [3.05, 3.63) is 71.7 Å². The molecule has 0 radical (unpaired) electrons. The summed E-state index contributed by atoms with van der Waals surface area (Å²) in [4.78, 5) is 16.3. The third kappa shape index (κ3) is 4.89. The van der Waals surface area contributed by atoms with Gasteiger partial charge in [0.1, 0.15) is 6.61 Å². The van der Waals surface area contributed by atoms with E-state index in [4.69, 9.17) is 10.5 Å². The number of halogens is 1. The van der Waals surface area contributed by atoms with E-state index >= 15 is 0 Å². The van der Waals surface area contributed by atoms with Crippen LogP contribution in [0.4, 0.5) is 4.39 Å². The predicted octanol–water partition coefficient (Wildman–Crippen LogP) is 2.76. The molecule has 0 saturated carbocycles. The quantitative estimate of drug-likeness (QED) is 0.819. The lowest BCUT2D eigenvalue weighted by molar-refractivity contribution is 0.0939. The van der Waals surface area contributed by atoms with E-state index in [1.807, 2.05) is 37.3 Å². The van der Waals surface area contributed by atoms with Crippen LogP contribution in [0.5, 0.6) is 5.88 Å². The van der Waals surface area contributed by atoms with Crippen LogP contribution in [-0.4, -0.2) is 24.0 Å². The average molecular weight is 329 g/mol. The molecule has 24 heavy (non-hydrogen) atoms. The van der Waals surface area contributed by atoms with Crippen LogP contribution in [0.15, 0.2) is 60.6 Å². The monoisotopic (exact) mass is 329 g/mol. The number of carbonyl (C=O) groups excluding carboxylic acids is 1. The topological polar surface area (TPSA) is 77.2 Å². The molecule has 126 valence electrons. The van der Waals surface area contributed by atoms with Crippen LogP contribution >= 0.6 is 0 Å². The molecule has 0 bridgehead atoms. The number of ether oxygens (including phenoxy) is 1. The molecule has 1 amide bonds. The first-order valence-electron chi connectivity index (χ1n) is 7.57. The molecular formula is C18H20FN3O2. The van der Waals surface area contributed by atoms with Gasteiger partial charge in [0, 0.05) is 24.4 Å². The number of rotatable bonds is 7. The summed E-state index contributed by atoms with van der Waals surface area (Å²) >= 11 is 0. The Hall–Kier alpha value is -2.73. The van der Waals surface area contributed by atoms with Crippen LogP contribution in [0.3, 0.4) is 0 Å². The molecule has 6 heteroatoms. The van der Waals surface area contributed by atoms with Gasteiger partial charge < -0.3 is 15.8 Å². The molecule has 5 nitrogen and oxygen atoms in total. The molecule has 1 aromatic heterocycles. The summed E-state index contributed by atoms with van der Waals surface area (Å²) in [6, 6.07) is 12.7. The maximum Gasteiger partial charge on any atom is 0.253 e. The van der Waals surface area contributed by atoms with Crippen molar-refractivity contribution in [3.8, 4) is 5.88 Å². The van der Waals surface area contributed by atoms with Gasteiger partial charge in [0.2, 0.25) is 5.88 Å². The maximum atomic E-state index is 12.4. The highest BCUT2D eigenvalue weighted by atomic mass is 19.1. The number of nitrogens with zero attached hydrogens (tertiary/aromatic N) is 1. The Morgan fingerprint density at radius 1 is 1.33 bits per heavy atom. The van der Waals surface area contributed by atoms with Gasteiger partial charge in [-0.05, 0) is 18.6 Å².